The van der Waals surface area contributed by atoms with Crippen molar-refractivity contribution in [2.45, 2.75) is 20.3 Å². The first-order valence-electron chi connectivity index (χ1n) is 7.13. The maximum Gasteiger partial charge on any atom is 0.257 e. The molecule has 0 aliphatic carbocycles. The number of hydrogen-bond acceptors (Lipinski definition) is 4. The number of amides is 2. The standard InChI is InChI=1S/C16H16BrN3O2S2/c1-3-11-8(2)24-15(12(11)13(18)21)20-16(23)19-14(22)9-5-4-6-10(17)7-9/h4-7H,3H2,1-2H3,(H2,18,21)(H2,19,20,22,23). The number of anilines is 1. The van der Waals surface area contributed by atoms with Gasteiger partial charge in [0.15, 0.2) is 5.11 Å². The normalized spacial score (nSPS) is 10.3. The maximum absolute atomic E-state index is 12.2. The van der Waals surface area contributed by atoms with E-state index in [0.29, 0.717) is 22.5 Å². The molecule has 0 aliphatic rings. The Morgan fingerprint density at radius 3 is 2.67 bits per heavy atom. The number of nitrogens with two attached hydrogens (primary N) is 1. The van der Waals surface area contributed by atoms with Crippen molar-refractivity contribution < 1.29 is 9.59 Å². The van der Waals surface area contributed by atoms with Gasteiger partial charge < -0.3 is 11.1 Å². The van der Waals surface area contributed by atoms with Crippen molar-refractivity contribution in [1.82, 2.24) is 5.32 Å². The number of halogens is 1. The Bertz CT molecular complexity index is 818. The Hall–Kier alpha value is -1.77. The van der Waals surface area contributed by atoms with Gasteiger partial charge in [-0.15, -0.1) is 11.3 Å². The highest BCUT2D eigenvalue weighted by molar-refractivity contribution is 9.10. The van der Waals surface area contributed by atoms with Gasteiger partial charge in [0.25, 0.3) is 11.8 Å². The van der Waals surface area contributed by atoms with E-state index in [1.165, 1.54) is 11.3 Å². The average molecular weight is 426 g/mol. The van der Waals surface area contributed by atoms with Crippen molar-refractivity contribution in [3.63, 3.8) is 0 Å². The van der Waals surface area contributed by atoms with Gasteiger partial charge in [-0.1, -0.05) is 28.9 Å². The van der Waals surface area contributed by atoms with Crippen LogP contribution in [0.3, 0.4) is 0 Å². The van der Waals surface area contributed by atoms with Crippen LogP contribution >= 0.6 is 39.5 Å². The van der Waals surface area contributed by atoms with Crippen molar-refractivity contribution in [1.29, 1.82) is 0 Å². The van der Waals surface area contributed by atoms with Crippen molar-refractivity contribution >= 4 is 61.4 Å². The van der Waals surface area contributed by atoms with Crippen LogP contribution < -0.4 is 16.4 Å². The van der Waals surface area contributed by atoms with E-state index in [9.17, 15) is 9.59 Å². The molecule has 126 valence electrons. The number of carbonyl (C=O) groups is 2. The minimum Gasteiger partial charge on any atom is -0.365 e. The first-order valence-corrected chi connectivity index (χ1v) is 9.15. The zero-order valence-electron chi connectivity index (χ0n) is 13.1. The molecule has 2 aromatic rings. The Morgan fingerprint density at radius 1 is 1.38 bits per heavy atom. The van der Waals surface area contributed by atoms with E-state index < -0.39 is 5.91 Å². The molecule has 1 aromatic carbocycles. The van der Waals surface area contributed by atoms with E-state index in [0.717, 1.165) is 14.9 Å². The summed E-state index contributed by atoms with van der Waals surface area (Å²) < 4.78 is 0.798. The molecule has 0 radical (unpaired) electrons. The number of benzene rings is 1. The van der Waals surface area contributed by atoms with Gasteiger partial charge >= 0.3 is 0 Å². The van der Waals surface area contributed by atoms with Crippen LogP contribution in [-0.4, -0.2) is 16.9 Å². The maximum atomic E-state index is 12.2. The third-order valence-corrected chi connectivity index (χ3v) is 5.11. The fraction of sp³-hybridized carbons (Fsp3) is 0.188. The molecule has 1 aromatic heterocycles. The Labute approximate surface area is 157 Å². The lowest BCUT2D eigenvalue weighted by atomic mass is 10.1. The Morgan fingerprint density at radius 2 is 2.08 bits per heavy atom. The van der Waals surface area contributed by atoms with Gasteiger partial charge in [0.1, 0.15) is 5.00 Å². The second-order valence-corrected chi connectivity index (χ2v) is 7.53. The Kier molecular flexibility index (Phi) is 6.09. The molecule has 8 heteroatoms. The Balaban J connectivity index is 2.16. The summed E-state index contributed by atoms with van der Waals surface area (Å²) in [6.45, 7) is 3.88. The molecule has 0 saturated carbocycles. The van der Waals surface area contributed by atoms with Crippen LogP contribution in [0.1, 0.15) is 38.1 Å². The molecule has 0 atom stereocenters. The molecular formula is C16H16BrN3O2S2. The molecular weight excluding hydrogens is 410 g/mol. The minimum atomic E-state index is -0.514. The van der Waals surface area contributed by atoms with Gasteiger partial charge in [0, 0.05) is 14.9 Å². The molecule has 1 heterocycles. The van der Waals surface area contributed by atoms with Gasteiger partial charge in [0.2, 0.25) is 0 Å². The van der Waals surface area contributed by atoms with E-state index in [1.807, 2.05) is 19.9 Å². The lowest BCUT2D eigenvalue weighted by molar-refractivity contribution is 0.0975. The largest absolute Gasteiger partial charge is 0.365 e. The predicted molar refractivity (Wildman–Crippen MR) is 105 cm³/mol. The monoisotopic (exact) mass is 425 g/mol. The van der Waals surface area contributed by atoms with E-state index >= 15 is 0 Å². The second-order valence-electron chi connectivity index (χ2n) is 4.98. The summed E-state index contributed by atoms with van der Waals surface area (Å²) >= 11 is 9.89. The van der Waals surface area contributed by atoms with Gasteiger partial charge in [-0.3, -0.25) is 14.9 Å². The zero-order chi connectivity index (χ0) is 17.9. The summed E-state index contributed by atoms with van der Waals surface area (Å²) in [5.41, 5.74) is 7.28. The van der Waals surface area contributed by atoms with Gasteiger partial charge in [-0.05, 0) is 49.3 Å². The predicted octanol–water partition coefficient (Wildman–Crippen LogP) is 3.61. The number of rotatable bonds is 4. The summed E-state index contributed by atoms with van der Waals surface area (Å²) in [5.74, 6) is -0.849. The third kappa shape index (κ3) is 4.19. The average Bonchev–Trinajstić information content (AvgIpc) is 2.82. The number of thiophene rings is 1. The van der Waals surface area contributed by atoms with Gasteiger partial charge in [-0.25, -0.2) is 0 Å². The van der Waals surface area contributed by atoms with Gasteiger partial charge in [-0.2, -0.15) is 0 Å². The lowest BCUT2D eigenvalue weighted by Crippen LogP contribution is -2.34. The summed E-state index contributed by atoms with van der Waals surface area (Å²) in [5, 5.41) is 6.18. The molecule has 4 N–H and O–H groups in total. The number of primary amides is 1. The molecule has 0 fully saturated rings. The lowest BCUT2D eigenvalue weighted by Gasteiger charge is -2.10. The summed E-state index contributed by atoms with van der Waals surface area (Å²) in [6, 6.07) is 6.96. The SMILES string of the molecule is CCc1c(C)sc(NC(=S)NC(=O)c2cccc(Br)c2)c1C(N)=O. The molecule has 0 bridgehead atoms. The van der Waals surface area contributed by atoms with Crippen LogP contribution in [0.15, 0.2) is 28.7 Å². The second kappa shape index (κ2) is 7.87. The molecule has 24 heavy (non-hydrogen) atoms. The van der Waals surface area contributed by atoms with Crippen LogP contribution in [0.2, 0.25) is 0 Å². The van der Waals surface area contributed by atoms with E-state index in [4.69, 9.17) is 18.0 Å². The topological polar surface area (TPSA) is 84.2 Å². The summed E-state index contributed by atoms with van der Waals surface area (Å²) in [4.78, 5) is 24.9. The van der Waals surface area contributed by atoms with E-state index in [1.54, 1.807) is 18.2 Å². The van der Waals surface area contributed by atoms with Crippen LogP contribution in [0, 0.1) is 6.92 Å². The van der Waals surface area contributed by atoms with Gasteiger partial charge in [0.05, 0.1) is 5.56 Å². The summed E-state index contributed by atoms with van der Waals surface area (Å²) in [7, 11) is 0. The number of aryl methyl sites for hydroxylation is 1. The van der Waals surface area contributed by atoms with Crippen LogP contribution in [0.5, 0.6) is 0 Å². The van der Waals surface area contributed by atoms with E-state index in [-0.39, 0.29) is 11.0 Å². The first-order chi connectivity index (χ1) is 11.3. The number of carbonyl (C=O) groups excluding carboxylic acids is 2. The molecule has 5 nitrogen and oxygen atoms in total. The van der Waals surface area contributed by atoms with Crippen molar-refractivity contribution in [2.75, 3.05) is 5.32 Å². The fourth-order valence-corrected chi connectivity index (χ4v) is 4.11. The number of hydrogen-bond donors (Lipinski definition) is 3. The van der Waals surface area contributed by atoms with Crippen LogP contribution in [0.25, 0.3) is 0 Å². The number of thiocarbonyl (C=S) groups is 1. The quantitative estimate of drug-likeness (QED) is 0.653. The van der Waals surface area contributed by atoms with Crippen molar-refractivity contribution in [3.8, 4) is 0 Å². The molecule has 0 unspecified atom stereocenters. The van der Waals surface area contributed by atoms with E-state index in [2.05, 4.69) is 26.6 Å². The van der Waals surface area contributed by atoms with Crippen LogP contribution in [-0.2, 0) is 6.42 Å². The summed E-state index contributed by atoms with van der Waals surface area (Å²) in [6.07, 6.45) is 0.694. The smallest absolute Gasteiger partial charge is 0.257 e. The molecule has 2 amide bonds. The highest BCUT2D eigenvalue weighted by atomic mass is 79.9. The molecule has 2 rings (SSSR count). The highest BCUT2D eigenvalue weighted by Gasteiger charge is 2.20. The highest BCUT2D eigenvalue weighted by Crippen LogP contribution is 2.33. The number of nitrogens with one attached hydrogen (secondary N) is 2. The third-order valence-electron chi connectivity index (χ3n) is 3.35. The zero-order valence-corrected chi connectivity index (χ0v) is 16.3. The van der Waals surface area contributed by atoms with Crippen molar-refractivity contribution in [2.24, 2.45) is 5.73 Å². The molecule has 0 saturated heterocycles. The fourth-order valence-electron chi connectivity index (χ4n) is 2.29. The molecule has 0 spiro atoms. The molecule has 0 aliphatic heterocycles. The van der Waals surface area contributed by atoms with Crippen molar-refractivity contribution in [3.05, 3.63) is 50.3 Å². The first kappa shape index (κ1) is 18.6. The minimum absolute atomic E-state index is 0.117. The van der Waals surface area contributed by atoms with Crippen LogP contribution in [0.4, 0.5) is 5.00 Å².